The first-order chi connectivity index (χ1) is 20.2. The Balaban J connectivity index is 1.29. The van der Waals surface area contributed by atoms with Crippen LogP contribution in [-0.4, -0.2) is 39.6 Å². The zero-order chi connectivity index (χ0) is 29.7. The Morgan fingerprint density at radius 2 is 1.88 bits per heavy atom. The van der Waals surface area contributed by atoms with Gasteiger partial charge in [-0.1, -0.05) is 28.1 Å². The number of ether oxygens (including phenoxy) is 2. The van der Waals surface area contributed by atoms with Crippen LogP contribution in [0.1, 0.15) is 11.3 Å². The van der Waals surface area contributed by atoms with Gasteiger partial charge in [0.05, 0.1) is 26.7 Å². The van der Waals surface area contributed by atoms with Crippen LogP contribution in [0.2, 0.25) is 0 Å². The molecule has 0 fully saturated rings. The van der Waals surface area contributed by atoms with Gasteiger partial charge in [-0.2, -0.15) is 4.98 Å². The largest absolute Gasteiger partial charge is 0.519 e. The molecule has 42 heavy (non-hydrogen) atoms. The van der Waals surface area contributed by atoms with Gasteiger partial charge < -0.3 is 33.1 Å². The number of halogens is 1. The number of aromatic nitrogens is 4. The molecule has 2 aromatic carbocycles. The summed E-state index contributed by atoms with van der Waals surface area (Å²) in [5, 5.41) is 0. The highest BCUT2D eigenvalue weighted by Crippen LogP contribution is 2.50. The minimum Gasteiger partial charge on any atom is -0.497 e. The molecule has 0 radical (unpaired) electrons. The Bertz CT molecular complexity index is 1850. The SMILES string of the molecule is COc1ccc(-c2oc(=O)oc2COP(=O)(COCCn2cnc3c(=O)[nH]c(N)nc32)OCc2cccc(Br)c2)cc1. The number of aromatic amines is 1. The van der Waals surface area contributed by atoms with E-state index in [1.165, 1.54) is 13.4 Å². The van der Waals surface area contributed by atoms with Gasteiger partial charge in [-0.15, -0.1) is 0 Å². The first-order valence-electron chi connectivity index (χ1n) is 12.4. The fourth-order valence-corrected chi connectivity index (χ4v) is 5.59. The van der Waals surface area contributed by atoms with Crippen LogP contribution in [0.25, 0.3) is 22.5 Å². The maximum absolute atomic E-state index is 13.8. The molecule has 0 spiro atoms. The van der Waals surface area contributed by atoms with E-state index in [9.17, 15) is 14.2 Å². The average Bonchev–Trinajstić information content (AvgIpc) is 3.56. The smallest absolute Gasteiger partial charge is 0.497 e. The van der Waals surface area contributed by atoms with Crippen molar-refractivity contribution in [1.29, 1.82) is 0 Å². The highest BCUT2D eigenvalue weighted by Gasteiger charge is 2.28. The van der Waals surface area contributed by atoms with Crippen LogP contribution < -0.4 is 21.9 Å². The summed E-state index contributed by atoms with van der Waals surface area (Å²) in [5.41, 5.74) is 6.86. The van der Waals surface area contributed by atoms with Crippen molar-refractivity contribution in [3.8, 4) is 17.1 Å². The second-order valence-electron chi connectivity index (χ2n) is 8.82. The van der Waals surface area contributed by atoms with Gasteiger partial charge in [0.15, 0.2) is 22.7 Å². The molecular formula is C26H25BrN5O9P. The third-order valence-electron chi connectivity index (χ3n) is 5.93. The van der Waals surface area contributed by atoms with E-state index >= 15 is 0 Å². The number of hydrogen-bond donors (Lipinski definition) is 2. The van der Waals surface area contributed by atoms with Crippen molar-refractivity contribution < 1.29 is 31.9 Å². The fourth-order valence-electron chi connectivity index (χ4n) is 3.91. The first kappa shape index (κ1) is 29.5. The number of anilines is 1. The van der Waals surface area contributed by atoms with Gasteiger partial charge >= 0.3 is 13.4 Å². The van der Waals surface area contributed by atoms with E-state index in [1.807, 2.05) is 18.2 Å². The summed E-state index contributed by atoms with van der Waals surface area (Å²) < 4.78 is 48.9. The number of hydrogen-bond acceptors (Lipinski definition) is 12. The molecule has 0 bridgehead atoms. The van der Waals surface area contributed by atoms with Gasteiger partial charge in [0.1, 0.15) is 18.7 Å². The Kier molecular flexibility index (Phi) is 9.04. The number of nitrogens with zero attached hydrogens (tertiary/aromatic N) is 3. The molecule has 5 aromatic rings. The quantitative estimate of drug-likeness (QED) is 0.135. The predicted octanol–water partition coefficient (Wildman–Crippen LogP) is 4.29. The molecule has 0 aliphatic heterocycles. The highest BCUT2D eigenvalue weighted by atomic mass is 79.9. The van der Waals surface area contributed by atoms with Crippen LogP contribution in [0.5, 0.6) is 5.75 Å². The van der Waals surface area contributed by atoms with Crippen molar-refractivity contribution >= 4 is 40.6 Å². The lowest BCUT2D eigenvalue weighted by Crippen LogP contribution is -2.13. The van der Waals surface area contributed by atoms with Crippen LogP contribution in [0.3, 0.4) is 0 Å². The van der Waals surface area contributed by atoms with E-state index in [0.717, 1.165) is 10.0 Å². The van der Waals surface area contributed by atoms with E-state index in [1.54, 1.807) is 34.9 Å². The molecule has 1 unspecified atom stereocenters. The van der Waals surface area contributed by atoms with Crippen molar-refractivity contribution in [3.63, 3.8) is 0 Å². The number of nitrogens with two attached hydrogens (primary N) is 1. The molecule has 0 saturated carbocycles. The molecular weight excluding hydrogens is 637 g/mol. The molecule has 3 N–H and O–H groups in total. The van der Waals surface area contributed by atoms with Crippen LogP contribution in [0.15, 0.2) is 77.8 Å². The van der Waals surface area contributed by atoms with E-state index in [4.69, 9.17) is 33.1 Å². The maximum Gasteiger partial charge on any atom is 0.519 e. The van der Waals surface area contributed by atoms with E-state index in [-0.39, 0.29) is 48.4 Å². The molecule has 0 aliphatic rings. The van der Waals surface area contributed by atoms with Gasteiger partial charge in [0.2, 0.25) is 5.95 Å². The summed E-state index contributed by atoms with van der Waals surface area (Å²) in [5.74, 6) is -0.235. The van der Waals surface area contributed by atoms with E-state index in [2.05, 4.69) is 30.9 Å². The zero-order valence-electron chi connectivity index (χ0n) is 22.2. The molecule has 5 rings (SSSR count). The van der Waals surface area contributed by atoms with Crippen LogP contribution in [0, 0.1) is 0 Å². The minimum absolute atomic E-state index is 0.0233. The molecule has 16 heteroatoms. The van der Waals surface area contributed by atoms with Crippen LogP contribution >= 0.6 is 23.5 Å². The predicted molar refractivity (Wildman–Crippen MR) is 154 cm³/mol. The van der Waals surface area contributed by atoms with Gasteiger partial charge in [-0.25, -0.2) is 9.78 Å². The Hall–Kier alpha value is -4.01. The third-order valence-corrected chi connectivity index (χ3v) is 7.96. The lowest BCUT2D eigenvalue weighted by molar-refractivity contribution is 0.114. The van der Waals surface area contributed by atoms with Gasteiger partial charge in [-0.05, 0) is 42.0 Å². The topological polar surface area (TPSA) is 187 Å². The molecule has 1 atom stereocenters. The normalized spacial score (nSPS) is 12.9. The van der Waals surface area contributed by atoms with Crippen LogP contribution in [-0.2, 0) is 38.1 Å². The Morgan fingerprint density at radius 1 is 1.10 bits per heavy atom. The number of fused-ring (bicyclic) bond motifs is 1. The molecule has 0 aliphatic carbocycles. The number of rotatable bonds is 13. The maximum atomic E-state index is 13.8. The molecule has 3 aromatic heterocycles. The number of nitrogen functional groups attached to an aromatic ring is 1. The first-order valence-corrected chi connectivity index (χ1v) is 14.9. The van der Waals surface area contributed by atoms with Gasteiger partial charge in [0.25, 0.3) is 5.56 Å². The second kappa shape index (κ2) is 12.9. The Morgan fingerprint density at radius 3 is 2.64 bits per heavy atom. The Labute approximate surface area is 246 Å². The summed E-state index contributed by atoms with van der Waals surface area (Å²) in [6.45, 7) is -0.176. The summed E-state index contributed by atoms with van der Waals surface area (Å²) >= 11 is 3.40. The molecule has 3 heterocycles. The second-order valence-corrected chi connectivity index (χ2v) is 11.7. The highest BCUT2D eigenvalue weighted by molar-refractivity contribution is 9.10. The van der Waals surface area contributed by atoms with Gasteiger partial charge in [0, 0.05) is 16.6 Å². The molecule has 14 nitrogen and oxygen atoms in total. The van der Waals surface area contributed by atoms with Crippen LogP contribution in [0.4, 0.5) is 5.95 Å². The van der Waals surface area contributed by atoms with Crippen molar-refractivity contribution in [1.82, 2.24) is 19.5 Å². The average molecular weight is 662 g/mol. The van der Waals surface area contributed by atoms with E-state index in [0.29, 0.717) is 11.3 Å². The number of imidazole rings is 1. The van der Waals surface area contributed by atoms with Gasteiger partial charge in [-0.3, -0.25) is 18.9 Å². The summed E-state index contributed by atoms with van der Waals surface area (Å²) in [7, 11) is -2.39. The fraction of sp³-hybridized carbons (Fsp3) is 0.231. The van der Waals surface area contributed by atoms with Crippen molar-refractivity contribution in [2.75, 3.05) is 25.8 Å². The van der Waals surface area contributed by atoms with Crippen molar-refractivity contribution in [2.24, 2.45) is 0 Å². The standard InChI is InChI=1S/C26H25BrN5O9P/c1-36-19-7-5-17(6-8-19)22-20(40-26(34)41-22)13-39-42(35,38-12-16-3-2-4-18(27)11-16)15-37-10-9-32-14-29-21-23(32)30-25(28)31-24(21)33/h2-8,11,14H,9-10,12-13,15H2,1H3,(H3,28,30,31,33). The third kappa shape index (κ3) is 7.06. The molecule has 0 saturated heterocycles. The zero-order valence-corrected chi connectivity index (χ0v) is 24.6. The summed E-state index contributed by atoms with van der Waals surface area (Å²) in [4.78, 5) is 34.5. The molecule has 220 valence electrons. The lowest BCUT2D eigenvalue weighted by atomic mass is 10.1. The number of methoxy groups -OCH3 is 1. The minimum atomic E-state index is -3.93. The van der Waals surface area contributed by atoms with Crippen molar-refractivity contribution in [3.05, 3.63) is 91.6 Å². The summed E-state index contributed by atoms with van der Waals surface area (Å²) in [6.07, 6.45) is 1.00. The summed E-state index contributed by atoms with van der Waals surface area (Å²) in [6, 6.07) is 14.0. The monoisotopic (exact) mass is 661 g/mol. The van der Waals surface area contributed by atoms with E-state index < -0.39 is 31.9 Å². The number of benzene rings is 2. The number of nitrogens with one attached hydrogen (secondary N) is 1. The van der Waals surface area contributed by atoms with Crippen molar-refractivity contribution in [2.45, 2.75) is 19.8 Å². The lowest BCUT2D eigenvalue weighted by Gasteiger charge is -2.18. The molecule has 0 amide bonds. The number of H-pyrrole nitrogens is 1.